The molecule has 1 heterocycles. The van der Waals surface area contributed by atoms with Crippen LogP contribution in [0.2, 0.25) is 0 Å². The third-order valence-electron chi connectivity index (χ3n) is 4.91. The number of likely N-dealkylation sites (tertiary alicyclic amines) is 1. The van der Waals surface area contributed by atoms with Crippen LogP contribution in [0.5, 0.6) is 0 Å². The Hall–Kier alpha value is -3.50. The van der Waals surface area contributed by atoms with Crippen molar-refractivity contribution in [2.45, 2.75) is 19.8 Å². The van der Waals surface area contributed by atoms with Gasteiger partial charge in [0.1, 0.15) is 0 Å². The van der Waals surface area contributed by atoms with Gasteiger partial charge >= 0.3 is 11.9 Å². The lowest BCUT2D eigenvalue weighted by molar-refractivity contribution is -0.384. The second-order valence-corrected chi connectivity index (χ2v) is 7.11. The number of nitro benzene ring substituents is 1. The van der Waals surface area contributed by atoms with Gasteiger partial charge < -0.3 is 19.3 Å². The predicted molar refractivity (Wildman–Crippen MR) is 107 cm³/mol. The van der Waals surface area contributed by atoms with E-state index in [9.17, 15) is 29.3 Å². The highest BCUT2D eigenvalue weighted by molar-refractivity contribution is 6.00. The van der Waals surface area contributed by atoms with Crippen LogP contribution in [0.3, 0.4) is 0 Å². The third kappa shape index (κ3) is 6.00. The first-order chi connectivity index (χ1) is 14.7. The largest absolute Gasteiger partial charge is 0.466 e. The van der Waals surface area contributed by atoms with Crippen molar-refractivity contribution in [1.29, 1.82) is 0 Å². The highest BCUT2D eigenvalue weighted by Crippen LogP contribution is 2.21. The molecule has 0 aromatic heterocycles. The molecule has 0 radical (unpaired) electrons. The number of piperidine rings is 1. The van der Waals surface area contributed by atoms with E-state index < -0.39 is 28.4 Å². The zero-order valence-electron chi connectivity index (χ0n) is 17.7. The van der Waals surface area contributed by atoms with Gasteiger partial charge in [0.2, 0.25) is 5.91 Å². The molecule has 168 valence electrons. The minimum absolute atomic E-state index is 0.118. The average molecular weight is 435 g/mol. The number of nitrogens with zero attached hydrogens (tertiary/aromatic N) is 3. The van der Waals surface area contributed by atoms with Crippen LogP contribution in [0.4, 0.5) is 5.69 Å². The van der Waals surface area contributed by atoms with Crippen LogP contribution in [0.15, 0.2) is 18.2 Å². The van der Waals surface area contributed by atoms with E-state index in [1.54, 1.807) is 6.92 Å². The Morgan fingerprint density at radius 1 is 1.23 bits per heavy atom. The van der Waals surface area contributed by atoms with Crippen molar-refractivity contribution in [2.24, 2.45) is 5.92 Å². The molecule has 0 spiro atoms. The minimum Gasteiger partial charge on any atom is -0.466 e. The second kappa shape index (κ2) is 10.5. The first-order valence-corrected chi connectivity index (χ1v) is 9.75. The van der Waals surface area contributed by atoms with Gasteiger partial charge in [0.05, 0.1) is 36.7 Å². The van der Waals surface area contributed by atoms with Crippen LogP contribution in [0.25, 0.3) is 0 Å². The first kappa shape index (κ1) is 23.8. The Morgan fingerprint density at radius 3 is 2.52 bits per heavy atom. The molecule has 0 saturated carbocycles. The maximum atomic E-state index is 12.8. The van der Waals surface area contributed by atoms with Crippen LogP contribution in [-0.2, 0) is 19.1 Å². The highest BCUT2D eigenvalue weighted by atomic mass is 16.6. The fourth-order valence-electron chi connectivity index (χ4n) is 3.33. The summed E-state index contributed by atoms with van der Waals surface area (Å²) in [7, 11) is 2.50. The quantitative estimate of drug-likeness (QED) is 0.355. The van der Waals surface area contributed by atoms with E-state index in [0.29, 0.717) is 19.4 Å². The van der Waals surface area contributed by atoms with Gasteiger partial charge in [-0.05, 0) is 25.8 Å². The molecule has 1 fully saturated rings. The normalized spacial score (nSPS) is 15.7. The number of hydrogen-bond acceptors (Lipinski definition) is 8. The summed E-state index contributed by atoms with van der Waals surface area (Å²) in [4.78, 5) is 62.2. The monoisotopic (exact) mass is 435 g/mol. The Labute approximate surface area is 179 Å². The van der Waals surface area contributed by atoms with E-state index >= 15 is 0 Å². The molecule has 31 heavy (non-hydrogen) atoms. The molecule has 11 heteroatoms. The number of methoxy groups -OCH3 is 1. The summed E-state index contributed by atoms with van der Waals surface area (Å²) in [6.45, 7) is 2.36. The number of non-ortho nitro benzene ring substituents is 1. The molecule has 11 nitrogen and oxygen atoms in total. The number of amides is 2. The van der Waals surface area contributed by atoms with Crippen LogP contribution < -0.4 is 0 Å². The second-order valence-electron chi connectivity index (χ2n) is 7.11. The summed E-state index contributed by atoms with van der Waals surface area (Å²) >= 11 is 0. The van der Waals surface area contributed by atoms with Crippen LogP contribution >= 0.6 is 0 Å². The molecule has 1 atom stereocenters. The number of hydrogen-bond donors (Lipinski definition) is 0. The molecular formula is C20H25N3O8. The van der Waals surface area contributed by atoms with Crippen molar-refractivity contribution in [3.05, 3.63) is 39.4 Å². The molecular weight excluding hydrogens is 410 g/mol. The van der Waals surface area contributed by atoms with E-state index in [0.717, 1.165) is 24.1 Å². The van der Waals surface area contributed by atoms with E-state index in [1.165, 1.54) is 18.0 Å². The molecule has 2 rings (SSSR count). The standard InChI is InChI=1S/C20H25N3O8/c1-4-31-20(27)13-6-5-7-22(11-13)17(24)12-21(2)18(25)14-8-15(19(26)30-3)10-16(9-14)23(28)29/h8-10,13H,4-7,11-12H2,1-3H3. The fourth-order valence-corrected chi connectivity index (χ4v) is 3.33. The number of nitro groups is 1. The van der Waals surface area contributed by atoms with Crippen molar-refractivity contribution in [2.75, 3.05) is 40.4 Å². The SMILES string of the molecule is CCOC(=O)C1CCCN(C(=O)CN(C)C(=O)c2cc(C(=O)OC)cc([N+](=O)[O-])c2)C1. The maximum Gasteiger partial charge on any atom is 0.338 e. The van der Waals surface area contributed by atoms with Crippen molar-refractivity contribution in [3.63, 3.8) is 0 Å². The molecule has 1 aromatic carbocycles. The lowest BCUT2D eigenvalue weighted by Crippen LogP contribution is -2.47. The number of likely N-dealkylation sites (N-methyl/N-ethyl adjacent to an activating group) is 1. The van der Waals surface area contributed by atoms with Gasteiger partial charge in [0.15, 0.2) is 0 Å². The van der Waals surface area contributed by atoms with Gasteiger partial charge in [-0.1, -0.05) is 0 Å². The van der Waals surface area contributed by atoms with E-state index in [1.807, 2.05) is 0 Å². The maximum absolute atomic E-state index is 12.8. The zero-order chi connectivity index (χ0) is 23.1. The molecule has 1 aliphatic heterocycles. The summed E-state index contributed by atoms with van der Waals surface area (Å²) in [5, 5.41) is 11.2. The third-order valence-corrected chi connectivity index (χ3v) is 4.91. The van der Waals surface area contributed by atoms with E-state index in [4.69, 9.17) is 4.74 Å². The van der Waals surface area contributed by atoms with Crippen LogP contribution in [0, 0.1) is 16.0 Å². The highest BCUT2D eigenvalue weighted by Gasteiger charge is 2.30. The average Bonchev–Trinajstić information content (AvgIpc) is 2.77. The molecule has 0 aliphatic carbocycles. The number of rotatable bonds is 7. The summed E-state index contributed by atoms with van der Waals surface area (Å²) in [6, 6.07) is 3.23. The summed E-state index contributed by atoms with van der Waals surface area (Å²) in [5.74, 6) is -2.60. The van der Waals surface area contributed by atoms with Gasteiger partial charge in [0, 0.05) is 37.8 Å². The number of esters is 2. The van der Waals surface area contributed by atoms with Crippen molar-refractivity contribution >= 4 is 29.4 Å². The topological polar surface area (TPSA) is 136 Å². The zero-order valence-corrected chi connectivity index (χ0v) is 17.7. The van der Waals surface area contributed by atoms with Crippen molar-refractivity contribution in [1.82, 2.24) is 9.80 Å². The summed E-state index contributed by atoms with van der Waals surface area (Å²) in [6.07, 6.45) is 1.27. The number of carbonyl (C=O) groups excluding carboxylic acids is 4. The molecule has 0 bridgehead atoms. The molecule has 1 aliphatic rings. The van der Waals surface area contributed by atoms with E-state index in [-0.39, 0.29) is 42.7 Å². The van der Waals surface area contributed by atoms with Crippen LogP contribution in [0.1, 0.15) is 40.5 Å². The lowest BCUT2D eigenvalue weighted by Gasteiger charge is -2.32. The van der Waals surface area contributed by atoms with Crippen molar-refractivity contribution in [3.8, 4) is 0 Å². The Morgan fingerprint density at radius 2 is 1.90 bits per heavy atom. The number of ether oxygens (including phenoxy) is 2. The van der Waals surface area contributed by atoms with Gasteiger partial charge in [-0.15, -0.1) is 0 Å². The van der Waals surface area contributed by atoms with Gasteiger partial charge in [-0.3, -0.25) is 24.5 Å². The number of carbonyl (C=O) groups is 4. The fraction of sp³-hybridized carbons (Fsp3) is 0.500. The smallest absolute Gasteiger partial charge is 0.338 e. The van der Waals surface area contributed by atoms with Gasteiger partial charge in [-0.25, -0.2) is 4.79 Å². The van der Waals surface area contributed by atoms with Crippen molar-refractivity contribution < 1.29 is 33.6 Å². The molecule has 0 N–H and O–H groups in total. The Balaban J connectivity index is 2.12. The molecule has 1 aromatic rings. The first-order valence-electron chi connectivity index (χ1n) is 9.75. The summed E-state index contributed by atoms with van der Waals surface area (Å²) in [5.41, 5.74) is -0.708. The van der Waals surface area contributed by atoms with Crippen LogP contribution in [-0.4, -0.2) is 78.9 Å². The predicted octanol–water partition coefficient (Wildman–Crippen LogP) is 1.26. The summed E-state index contributed by atoms with van der Waals surface area (Å²) < 4.78 is 9.59. The molecule has 2 amide bonds. The molecule has 1 unspecified atom stereocenters. The van der Waals surface area contributed by atoms with E-state index in [2.05, 4.69) is 4.74 Å². The van der Waals surface area contributed by atoms with Gasteiger partial charge in [0.25, 0.3) is 11.6 Å². The van der Waals surface area contributed by atoms with Gasteiger partial charge in [-0.2, -0.15) is 0 Å². The number of benzene rings is 1. The minimum atomic E-state index is -0.824. The Kier molecular flexibility index (Phi) is 8.06. The lowest BCUT2D eigenvalue weighted by atomic mass is 9.98. The molecule has 1 saturated heterocycles. The Bertz CT molecular complexity index is 885.